The lowest BCUT2D eigenvalue weighted by molar-refractivity contribution is 0.512. The summed E-state index contributed by atoms with van der Waals surface area (Å²) in [7, 11) is -1.94. The number of benzene rings is 1. The molecule has 0 radical (unpaired) electrons. The summed E-state index contributed by atoms with van der Waals surface area (Å²) in [6.45, 7) is 0. The lowest BCUT2D eigenvalue weighted by Gasteiger charge is -2.10. The van der Waals surface area contributed by atoms with Crippen LogP contribution in [0.2, 0.25) is 0 Å². The predicted molar refractivity (Wildman–Crippen MR) is 45.1 cm³/mol. The Labute approximate surface area is 65.4 Å². The summed E-state index contributed by atoms with van der Waals surface area (Å²) < 4.78 is 16.0. The number of rotatable bonds is 0. The molecule has 0 saturated carbocycles. The Balaban J connectivity index is 2.54. The zero-order valence-electron chi connectivity index (χ0n) is 5.78. The maximum absolute atomic E-state index is 10.9. The van der Waals surface area contributed by atoms with Crippen LogP contribution in [0.3, 0.4) is 0 Å². The Morgan fingerprint density at radius 3 is 3.00 bits per heavy atom. The summed E-state index contributed by atoms with van der Waals surface area (Å²) in [6.07, 6.45) is 1.83. The van der Waals surface area contributed by atoms with E-state index in [2.05, 4.69) is 0 Å². The first kappa shape index (κ1) is 6.68. The summed E-state index contributed by atoms with van der Waals surface area (Å²) in [5.41, 5.74) is 0.997. The third-order valence-corrected chi connectivity index (χ3v) is 2.39. The molecule has 0 spiro atoms. The minimum Gasteiger partial charge on any atom is -0.441 e. The smallest absolute Gasteiger partial charge is 0.258 e. The lowest BCUT2D eigenvalue weighted by Crippen LogP contribution is -1.86. The highest BCUT2D eigenvalue weighted by Crippen LogP contribution is 2.36. The Morgan fingerprint density at radius 1 is 1.27 bits per heavy atom. The first-order chi connectivity index (χ1) is 5.36. The minimum atomic E-state index is -1.94. The van der Waals surface area contributed by atoms with E-state index in [0.717, 1.165) is 11.3 Å². The molecule has 2 rings (SSSR count). The second-order valence-electron chi connectivity index (χ2n) is 2.29. The average molecular weight is 166 g/mol. The standard InChI is InChI=1S/C8H7O2P/c9-11-6-5-7-3-1-2-4-8(7)10-11/h1-6,11H. The van der Waals surface area contributed by atoms with Crippen LogP contribution in [0.25, 0.3) is 6.08 Å². The van der Waals surface area contributed by atoms with E-state index in [1.54, 1.807) is 5.82 Å². The first-order valence-electron chi connectivity index (χ1n) is 3.35. The zero-order valence-corrected chi connectivity index (χ0v) is 6.78. The van der Waals surface area contributed by atoms with Gasteiger partial charge >= 0.3 is 0 Å². The van der Waals surface area contributed by atoms with Gasteiger partial charge in [0.25, 0.3) is 8.03 Å². The van der Waals surface area contributed by atoms with Gasteiger partial charge in [-0.3, -0.25) is 4.57 Å². The quantitative estimate of drug-likeness (QED) is 0.553. The molecular formula is C8H7O2P. The summed E-state index contributed by atoms with van der Waals surface area (Å²) in [5, 5.41) is 0. The summed E-state index contributed by atoms with van der Waals surface area (Å²) in [4.78, 5) is 0. The van der Waals surface area contributed by atoms with Crippen LogP contribution >= 0.6 is 8.03 Å². The molecule has 1 aromatic rings. The molecule has 11 heavy (non-hydrogen) atoms. The van der Waals surface area contributed by atoms with Crippen LogP contribution in [-0.4, -0.2) is 0 Å². The van der Waals surface area contributed by atoms with Crippen LogP contribution in [0.5, 0.6) is 5.75 Å². The molecule has 0 aromatic heterocycles. The SMILES string of the molecule is O=[PH]1C=Cc2ccccc2O1. The molecule has 1 aromatic carbocycles. The third kappa shape index (κ3) is 1.22. The van der Waals surface area contributed by atoms with Gasteiger partial charge in [0.15, 0.2) is 0 Å². The van der Waals surface area contributed by atoms with E-state index in [-0.39, 0.29) is 0 Å². The van der Waals surface area contributed by atoms with Crippen LogP contribution in [0.1, 0.15) is 5.56 Å². The van der Waals surface area contributed by atoms with Crippen molar-refractivity contribution in [1.29, 1.82) is 0 Å². The molecule has 0 N–H and O–H groups in total. The van der Waals surface area contributed by atoms with Gasteiger partial charge in [0, 0.05) is 11.4 Å². The van der Waals surface area contributed by atoms with Gasteiger partial charge in [-0.25, -0.2) is 0 Å². The van der Waals surface area contributed by atoms with Crippen molar-refractivity contribution in [2.75, 3.05) is 0 Å². The van der Waals surface area contributed by atoms with E-state index in [0.29, 0.717) is 0 Å². The predicted octanol–water partition coefficient (Wildman–Crippen LogP) is 2.52. The van der Waals surface area contributed by atoms with Crippen LogP contribution in [0.4, 0.5) is 0 Å². The van der Waals surface area contributed by atoms with E-state index < -0.39 is 8.03 Å². The molecule has 1 atom stereocenters. The topological polar surface area (TPSA) is 26.3 Å². The molecular weight excluding hydrogens is 159 g/mol. The number of para-hydroxylation sites is 1. The molecule has 1 heterocycles. The maximum atomic E-state index is 10.9. The monoisotopic (exact) mass is 166 g/mol. The molecule has 1 unspecified atom stereocenters. The van der Waals surface area contributed by atoms with Gasteiger partial charge in [-0.1, -0.05) is 18.2 Å². The van der Waals surface area contributed by atoms with Gasteiger partial charge in [-0.05, 0) is 12.1 Å². The molecule has 1 aliphatic rings. The van der Waals surface area contributed by atoms with E-state index in [4.69, 9.17) is 4.52 Å². The van der Waals surface area contributed by atoms with Gasteiger partial charge in [0.1, 0.15) is 5.75 Å². The number of hydrogen-bond donors (Lipinski definition) is 0. The molecule has 0 fully saturated rings. The van der Waals surface area contributed by atoms with Crippen LogP contribution in [-0.2, 0) is 4.57 Å². The third-order valence-electron chi connectivity index (χ3n) is 1.53. The maximum Gasteiger partial charge on any atom is 0.258 e. The molecule has 0 bridgehead atoms. The largest absolute Gasteiger partial charge is 0.441 e. The van der Waals surface area contributed by atoms with Gasteiger partial charge in [-0.15, -0.1) is 0 Å². The van der Waals surface area contributed by atoms with Crippen molar-refractivity contribution in [3.05, 3.63) is 35.6 Å². The Bertz CT molecular complexity index is 331. The second kappa shape index (κ2) is 2.55. The van der Waals surface area contributed by atoms with Gasteiger partial charge in [0.05, 0.1) is 0 Å². The highest BCUT2D eigenvalue weighted by Gasteiger charge is 2.06. The van der Waals surface area contributed by atoms with E-state index >= 15 is 0 Å². The van der Waals surface area contributed by atoms with Crippen molar-refractivity contribution in [2.24, 2.45) is 0 Å². The number of fused-ring (bicyclic) bond motifs is 1. The highest BCUT2D eigenvalue weighted by molar-refractivity contribution is 7.43. The van der Waals surface area contributed by atoms with Crippen LogP contribution < -0.4 is 4.52 Å². The van der Waals surface area contributed by atoms with Crippen LogP contribution in [0, 0.1) is 0 Å². The van der Waals surface area contributed by atoms with Gasteiger partial charge < -0.3 is 4.52 Å². The fraction of sp³-hybridized carbons (Fsp3) is 0. The first-order valence-corrected chi connectivity index (χ1v) is 4.74. The van der Waals surface area contributed by atoms with E-state index in [1.807, 2.05) is 30.3 Å². The van der Waals surface area contributed by atoms with Crippen molar-refractivity contribution in [1.82, 2.24) is 0 Å². The Morgan fingerprint density at radius 2 is 2.09 bits per heavy atom. The number of hydrogen-bond acceptors (Lipinski definition) is 2. The van der Waals surface area contributed by atoms with Crippen molar-refractivity contribution < 1.29 is 9.09 Å². The molecule has 0 aliphatic carbocycles. The molecule has 0 saturated heterocycles. The van der Waals surface area contributed by atoms with Gasteiger partial charge in [-0.2, -0.15) is 0 Å². The van der Waals surface area contributed by atoms with Crippen molar-refractivity contribution in [3.8, 4) is 5.75 Å². The van der Waals surface area contributed by atoms with Crippen molar-refractivity contribution >= 4 is 14.1 Å². The molecule has 1 aliphatic heterocycles. The average Bonchev–Trinajstić information content (AvgIpc) is 2.04. The summed E-state index contributed by atoms with van der Waals surface area (Å²) in [6, 6.07) is 7.55. The molecule has 56 valence electrons. The van der Waals surface area contributed by atoms with Crippen molar-refractivity contribution in [2.45, 2.75) is 0 Å². The summed E-state index contributed by atoms with van der Waals surface area (Å²) in [5.74, 6) is 2.33. The minimum absolute atomic E-state index is 0.721. The lowest BCUT2D eigenvalue weighted by atomic mass is 10.2. The fourth-order valence-corrected chi connectivity index (χ4v) is 1.80. The van der Waals surface area contributed by atoms with E-state index in [1.165, 1.54) is 0 Å². The van der Waals surface area contributed by atoms with Crippen LogP contribution in [0.15, 0.2) is 30.1 Å². The fourth-order valence-electron chi connectivity index (χ4n) is 1.01. The normalized spacial score (nSPS) is 20.5. The molecule has 2 nitrogen and oxygen atoms in total. The Hall–Kier alpha value is -1.01. The van der Waals surface area contributed by atoms with Gasteiger partial charge in [0.2, 0.25) is 0 Å². The Kier molecular flexibility index (Phi) is 1.55. The molecule has 3 heteroatoms. The van der Waals surface area contributed by atoms with E-state index in [9.17, 15) is 4.57 Å². The zero-order chi connectivity index (χ0) is 7.68. The second-order valence-corrected chi connectivity index (χ2v) is 3.47. The highest BCUT2D eigenvalue weighted by atomic mass is 31.1. The molecule has 0 amide bonds. The summed E-state index contributed by atoms with van der Waals surface area (Å²) >= 11 is 0. The van der Waals surface area contributed by atoms with Crippen molar-refractivity contribution in [3.63, 3.8) is 0 Å².